The zero-order valence-electron chi connectivity index (χ0n) is 20.5. The quantitative estimate of drug-likeness (QED) is 0.447. The first kappa shape index (κ1) is 24.4. The third-order valence-corrected chi connectivity index (χ3v) is 6.93. The zero-order valence-corrected chi connectivity index (χ0v) is 20.5. The molecule has 0 bridgehead atoms. The van der Waals surface area contributed by atoms with Crippen molar-refractivity contribution in [2.45, 2.75) is 39.2 Å². The monoisotopic (exact) mass is 504 g/mol. The lowest BCUT2D eigenvalue weighted by molar-refractivity contribution is -0.122. The van der Waals surface area contributed by atoms with Gasteiger partial charge in [0.15, 0.2) is 12.3 Å². The van der Waals surface area contributed by atoms with Crippen molar-refractivity contribution < 1.29 is 23.9 Å². The van der Waals surface area contributed by atoms with Crippen molar-refractivity contribution in [1.29, 1.82) is 0 Å². The average molecular weight is 505 g/mol. The number of carbonyl (C=O) groups is 4. The van der Waals surface area contributed by atoms with Gasteiger partial charge in [-0.2, -0.15) is 5.10 Å². The number of nitrogens with one attached hydrogen (secondary N) is 3. The molecule has 0 radical (unpaired) electrons. The maximum atomic E-state index is 13.1. The number of carbonyl (C=O) groups excluding carboxylic acids is 4. The summed E-state index contributed by atoms with van der Waals surface area (Å²) in [5.41, 5.74) is 2.01. The van der Waals surface area contributed by atoms with Crippen molar-refractivity contribution in [1.82, 2.24) is 25.2 Å². The highest BCUT2D eigenvalue weighted by atomic mass is 16.5. The van der Waals surface area contributed by atoms with E-state index in [1.807, 2.05) is 0 Å². The fourth-order valence-electron chi connectivity index (χ4n) is 4.80. The fraction of sp³-hybridized carbons (Fsp3) is 0.385. The maximum absolute atomic E-state index is 13.1. The van der Waals surface area contributed by atoms with Crippen LogP contribution in [0.2, 0.25) is 0 Å². The van der Waals surface area contributed by atoms with Crippen LogP contribution >= 0.6 is 0 Å². The van der Waals surface area contributed by atoms with Crippen LogP contribution in [-0.4, -0.2) is 51.3 Å². The summed E-state index contributed by atoms with van der Waals surface area (Å²) in [5, 5.41) is 12.7. The van der Waals surface area contributed by atoms with Crippen molar-refractivity contribution in [2.24, 2.45) is 11.8 Å². The largest absolute Gasteiger partial charge is 0.482 e. The van der Waals surface area contributed by atoms with Crippen molar-refractivity contribution in [2.75, 3.05) is 18.5 Å². The summed E-state index contributed by atoms with van der Waals surface area (Å²) in [6.45, 7) is 2.30. The van der Waals surface area contributed by atoms with E-state index in [2.05, 4.69) is 26.0 Å². The average Bonchev–Trinajstić information content (AvgIpc) is 3.38. The summed E-state index contributed by atoms with van der Waals surface area (Å²) in [5.74, 6) is 0.224. The Morgan fingerprint density at radius 1 is 1.08 bits per heavy atom. The molecule has 0 spiro atoms. The van der Waals surface area contributed by atoms with E-state index in [0.717, 1.165) is 31.2 Å². The lowest BCUT2D eigenvalue weighted by Gasteiger charge is -2.27. The van der Waals surface area contributed by atoms with E-state index >= 15 is 0 Å². The van der Waals surface area contributed by atoms with Crippen molar-refractivity contribution in [3.05, 3.63) is 53.5 Å². The molecule has 2 aromatic heterocycles. The van der Waals surface area contributed by atoms with E-state index in [-0.39, 0.29) is 48.1 Å². The molecule has 2 aliphatic rings. The standard InChI is InChI=1S/C26H28N6O5/c1-15(33)18-5-2-16(3-6-18)12-28-26(36)21-11-20(30-23-8-9-29-32(21)23)25(35)27-13-17-4-7-22-19(10-17)31-24(34)14-37-22/h4,7-11,16,18H,2-3,5-6,12-14H2,1H3,(H,27,35)(H,28,36)(H,31,34). The Balaban J connectivity index is 1.24. The highest BCUT2D eigenvalue weighted by Crippen LogP contribution is 2.29. The molecular weight excluding hydrogens is 476 g/mol. The molecule has 3 aromatic rings. The van der Waals surface area contributed by atoms with Gasteiger partial charge in [-0.25, -0.2) is 9.50 Å². The van der Waals surface area contributed by atoms with Crippen LogP contribution in [0, 0.1) is 11.8 Å². The van der Waals surface area contributed by atoms with Crippen LogP contribution in [0.3, 0.4) is 0 Å². The Bertz CT molecular complexity index is 1380. The Labute approximate surface area is 213 Å². The SMILES string of the molecule is CC(=O)C1CCC(CNC(=O)c2cc(C(=O)NCc3ccc4c(c3)NC(=O)CO4)nc3ccnn23)CC1. The van der Waals surface area contributed by atoms with Crippen LogP contribution in [0.4, 0.5) is 5.69 Å². The van der Waals surface area contributed by atoms with Crippen molar-refractivity contribution >= 4 is 34.8 Å². The molecule has 0 atom stereocenters. The van der Waals surface area contributed by atoms with Crippen molar-refractivity contribution in [3.63, 3.8) is 0 Å². The minimum absolute atomic E-state index is 0.0251. The number of Topliss-reactive ketones (excluding diaryl/α,β-unsaturated/α-hetero) is 1. The van der Waals surface area contributed by atoms with Gasteiger partial charge in [0.25, 0.3) is 17.7 Å². The number of hydrogen-bond donors (Lipinski definition) is 3. The molecule has 1 aliphatic carbocycles. The minimum Gasteiger partial charge on any atom is -0.482 e. The first-order chi connectivity index (χ1) is 17.9. The number of rotatable bonds is 7. The molecule has 3 heterocycles. The predicted molar refractivity (Wildman–Crippen MR) is 133 cm³/mol. The number of ether oxygens (including phenoxy) is 1. The molecule has 11 nitrogen and oxygen atoms in total. The van der Waals surface area contributed by atoms with Crippen LogP contribution in [0.15, 0.2) is 36.5 Å². The molecule has 0 unspecified atom stereocenters. The van der Waals surface area contributed by atoms with Gasteiger partial charge in [-0.3, -0.25) is 19.2 Å². The van der Waals surface area contributed by atoms with E-state index in [0.29, 0.717) is 29.5 Å². The molecule has 1 fully saturated rings. The molecule has 0 saturated heterocycles. The molecule has 1 aliphatic heterocycles. The second kappa shape index (κ2) is 10.4. The van der Waals surface area contributed by atoms with Gasteiger partial charge in [0, 0.05) is 31.1 Å². The van der Waals surface area contributed by atoms with Gasteiger partial charge in [0.2, 0.25) is 0 Å². The topological polar surface area (TPSA) is 144 Å². The fourth-order valence-corrected chi connectivity index (χ4v) is 4.80. The molecule has 3 N–H and O–H groups in total. The van der Waals surface area contributed by atoms with E-state index in [1.165, 1.54) is 16.8 Å². The third kappa shape index (κ3) is 5.45. The van der Waals surface area contributed by atoms with Gasteiger partial charge in [-0.15, -0.1) is 0 Å². The maximum Gasteiger partial charge on any atom is 0.270 e. The molecule has 5 rings (SSSR count). The Morgan fingerprint density at radius 3 is 2.68 bits per heavy atom. The second-order valence-corrected chi connectivity index (χ2v) is 9.52. The molecule has 11 heteroatoms. The number of anilines is 1. The number of benzene rings is 1. The summed E-state index contributed by atoms with van der Waals surface area (Å²) in [6, 6.07) is 8.33. The lowest BCUT2D eigenvalue weighted by atomic mass is 9.80. The second-order valence-electron chi connectivity index (χ2n) is 9.52. The van der Waals surface area contributed by atoms with E-state index < -0.39 is 5.91 Å². The van der Waals surface area contributed by atoms with Crippen LogP contribution in [-0.2, 0) is 16.1 Å². The summed E-state index contributed by atoms with van der Waals surface area (Å²) in [4.78, 5) is 53.5. The zero-order chi connectivity index (χ0) is 25.9. The smallest absolute Gasteiger partial charge is 0.270 e. The van der Waals surface area contributed by atoms with Crippen molar-refractivity contribution in [3.8, 4) is 5.75 Å². The number of aromatic nitrogens is 3. The number of ketones is 1. The first-order valence-corrected chi connectivity index (χ1v) is 12.3. The first-order valence-electron chi connectivity index (χ1n) is 12.3. The van der Waals surface area contributed by atoms with E-state index in [9.17, 15) is 19.2 Å². The predicted octanol–water partition coefficient (Wildman–Crippen LogP) is 2.12. The molecular formula is C26H28N6O5. The Hall–Kier alpha value is -4.28. The minimum atomic E-state index is -0.446. The van der Waals surface area contributed by atoms with Crippen LogP contribution < -0.4 is 20.7 Å². The molecule has 3 amide bonds. The highest BCUT2D eigenvalue weighted by molar-refractivity contribution is 5.98. The molecule has 1 aromatic carbocycles. The van der Waals surface area contributed by atoms with Crippen LogP contribution in [0.5, 0.6) is 5.75 Å². The third-order valence-electron chi connectivity index (χ3n) is 6.93. The Kier molecular flexibility index (Phi) is 6.85. The normalized spacial score (nSPS) is 18.9. The van der Waals surface area contributed by atoms with E-state index in [1.54, 1.807) is 31.2 Å². The van der Waals surface area contributed by atoms with Gasteiger partial charge >= 0.3 is 0 Å². The van der Waals surface area contributed by atoms with Gasteiger partial charge in [-0.1, -0.05) is 6.07 Å². The summed E-state index contributed by atoms with van der Waals surface area (Å²) >= 11 is 0. The van der Waals surface area contributed by atoms with Gasteiger partial charge in [-0.05, 0) is 56.2 Å². The number of nitrogens with zero attached hydrogens (tertiary/aromatic N) is 3. The number of fused-ring (bicyclic) bond motifs is 2. The summed E-state index contributed by atoms with van der Waals surface area (Å²) in [6.07, 6.45) is 5.01. The van der Waals surface area contributed by atoms with Crippen LogP contribution in [0.25, 0.3) is 5.65 Å². The highest BCUT2D eigenvalue weighted by Gasteiger charge is 2.25. The summed E-state index contributed by atoms with van der Waals surface area (Å²) < 4.78 is 6.77. The van der Waals surface area contributed by atoms with Gasteiger partial charge in [0.1, 0.15) is 22.9 Å². The van der Waals surface area contributed by atoms with Crippen LogP contribution in [0.1, 0.15) is 59.1 Å². The molecule has 1 saturated carbocycles. The lowest BCUT2D eigenvalue weighted by Crippen LogP contribution is -2.33. The number of hydrogen-bond acceptors (Lipinski definition) is 7. The number of amides is 3. The van der Waals surface area contributed by atoms with E-state index in [4.69, 9.17) is 4.74 Å². The molecule has 192 valence electrons. The van der Waals surface area contributed by atoms with Gasteiger partial charge < -0.3 is 20.7 Å². The Morgan fingerprint density at radius 2 is 1.89 bits per heavy atom. The summed E-state index contributed by atoms with van der Waals surface area (Å²) in [7, 11) is 0. The molecule has 37 heavy (non-hydrogen) atoms. The van der Waals surface area contributed by atoms with Gasteiger partial charge in [0.05, 0.1) is 11.9 Å².